The number of rotatable bonds is 4. The zero-order chi connectivity index (χ0) is 17.7. The van der Waals surface area contributed by atoms with Gasteiger partial charge in [-0.1, -0.05) is 35.3 Å². The molecular formula is C17H15Cl2FN4. The average molecular weight is 365 g/mol. The molecular weight excluding hydrogens is 350 g/mol. The normalized spacial score (nSPS) is 12.5. The second kappa shape index (κ2) is 8.00. The highest BCUT2D eigenvalue weighted by molar-refractivity contribution is 6.35. The number of nitrogens with one attached hydrogen (secondary N) is 1. The van der Waals surface area contributed by atoms with Crippen LogP contribution in [0.15, 0.2) is 41.4 Å². The third kappa shape index (κ3) is 4.60. The zero-order valence-corrected chi connectivity index (χ0v) is 14.4. The van der Waals surface area contributed by atoms with E-state index in [0.717, 1.165) is 5.56 Å². The molecule has 0 bridgehead atoms. The second-order valence-corrected chi connectivity index (χ2v) is 5.99. The third-order valence-electron chi connectivity index (χ3n) is 3.40. The molecule has 0 amide bonds. The van der Waals surface area contributed by atoms with Crippen LogP contribution < -0.4 is 11.1 Å². The molecule has 4 nitrogen and oxygen atoms in total. The number of aliphatic imine (C=N–C) groups is 1. The summed E-state index contributed by atoms with van der Waals surface area (Å²) in [5.41, 5.74) is 7.28. The molecule has 1 unspecified atom stereocenters. The number of guanidine groups is 1. The summed E-state index contributed by atoms with van der Waals surface area (Å²) in [5.74, 6) is -0.323. The summed E-state index contributed by atoms with van der Waals surface area (Å²) < 4.78 is 13.8. The van der Waals surface area contributed by atoms with Crippen molar-refractivity contribution < 1.29 is 4.39 Å². The van der Waals surface area contributed by atoms with Gasteiger partial charge >= 0.3 is 0 Å². The molecule has 24 heavy (non-hydrogen) atoms. The molecule has 1 atom stereocenters. The van der Waals surface area contributed by atoms with Gasteiger partial charge in [0.1, 0.15) is 5.82 Å². The second-order valence-electron chi connectivity index (χ2n) is 5.15. The lowest BCUT2D eigenvalue weighted by Crippen LogP contribution is -2.34. The predicted octanol–water partition coefficient (Wildman–Crippen LogP) is 4.17. The quantitative estimate of drug-likeness (QED) is 0.631. The van der Waals surface area contributed by atoms with Gasteiger partial charge in [-0.25, -0.2) is 9.38 Å². The van der Waals surface area contributed by atoms with Crippen LogP contribution in [0.25, 0.3) is 0 Å². The van der Waals surface area contributed by atoms with Crippen molar-refractivity contribution in [2.45, 2.75) is 19.5 Å². The molecule has 0 radical (unpaired) electrons. The van der Waals surface area contributed by atoms with E-state index in [1.807, 2.05) is 13.0 Å². The van der Waals surface area contributed by atoms with Crippen LogP contribution in [0.2, 0.25) is 10.0 Å². The maximum absolute atomic E-state index is 13.8. The van der Waals surface area contributed by atoms with Crippen molar-refractivity contribution in [3.63, 3.8) is 0 Å². The van der Waals surface area contributed by atoms with Crippen molar-refractivity contribution >= 4 is 29.2 Å². The van der Waals surface area contributed by atoms with Crippen molar-refractivity contribution in [1.29, 1.82) is 5.26 Å². The lowest BCUT2D eigenvalue weighted by Gasteiger charge is -2.16. The van der Waals surface area contributed by atoms with Crippen LogP contribution in [0, 0.1) is 17.1 Å². The Morgan fingerprint density at radius 2 is 2.08 bits per heavy atom. The van der Waals surface area contributed by atoms with E-state index in [-0.39, 0.29) is 24.1 Å². The molecule has 7 heteroatoms. The number of hydrogen-bond acceptors (Lipinski definition) is 2. The van der Waals surface area contributed by atoms with Gasteiger partial charge in [0.2, 0.25) is 0 Å². The standard InChI is InChI=1S/C17H15Cl2FN4/c1-10(14-5-4-13(18)7-15(14)19)24-17(22)23-9-12-3-2-11(8-21)6-16(12)20/h2-7,10H,9H2,1H3,(H3,22,23,24). The van der Waals surface area contributed by atoms with Crippen LogP contribution in [0.3, 0.4) is 0 Å². The van der Waals surface area contributed by atoms with Gasteiger partial charge in [-0.3, -0.25) is 0 Å². The van der Waals surface area contributed by atoms with Gasteiger partial charge in [0.25, 0.3) is 0 Å². The topological polar surface area (TPSA) is 74.2 Å². The van der Waals surface area contributed by atoms with Gasteiger partial charge in [0.15, 0.2) is 5.96 Å². The van der Waals surface area contributed by atoms with E-state index < -0.39 is 5.82 Å². The Morgan fingerprint density at radius 1 is 1.33 bits per heavy atom. The van der Waals surface area contributed by atoms with Crippen LogP contribution in [-0.4, -0.2) is 5.96 Å². The Labute approximate surface area is 149 Å². The summed E-state index contributed by atoms with van der Waals surface area (Å²) >= 11 is 12.0. The largest absolute Gasteiger partial charge is 0.370 e. The molecule has 0 heterocycles. The number of hydrogen-bond donors (Lipinski definition) is 2. The number of halogens is 3. The summed E-state index contributed by atoms with van der Waals surface area (Å²) in [7, 11) is 0. The van der Waals surface area contributed by atoms with Crippen molar-refractivity contribution in [2.24, 2.45) is 10.7 Å². The van der Waals surface area contributed by atoms with Gasteiger partial charge in [-0.2, -0.15) is 5.26 Å². The van der Waals surface area contributed by atoms with Gasteiger partial charge in [-0.05, 0) is 36.8 Å². The molecule has 0 fully saturated rings. The van der Waals surface area contributed by atoms with Crippen molar-refractivity contribution in [1.82, 2.24) is 5.32 Å². The molecule has 2 aromatic rings. The Balaban J connectivity index is 2.05. The summed E-state index contributed by atoms with van der Waals surface area (Å²) in [5, 5.41) is 12.8. The van der Waals surface area contributed by atoms with Crippen LogP contribution in [0.1, 0.15) is 29.7 Å². The first-order valence-corrected chi connectivity index (χ1v) is 7.86. The van der Waals surface area contributed by atoms with Crippen molar-refractivity contribution in [3.8, 4) is 6.07 Å². The average Bonchev–Trinajstić information content (AvgIpc) is 2.53. The molecule has 2 aromatic carbocycles. The van der Waals surface area contributed by atoms with E-state index in [1.165, 1.54) is 18.2 Å². The molecule has 3 N–H and O–H groups in total. The van der Waals surface area contributed by atoms with Gasteiger partial charge < -0.3 is 11.1 Å². The number of nitrogens with zero attached hydrogens (tertiary/aromatic N) is 2. The Bertz CT molecular complexity index is 815. The molecule has 124 valence electrons. The fraction of sp³-hybridized carbons (Fsp3) is 0.176. The smallest absolute Gasteiger partial charge is 0.189 e. The molecule has 0 aliphatic rings. The van der Waals surface area contributed by atoms with Crippen LogP contribution in [0.4, 0.5) is 4.39 Å². The molecule has 0 aromatic heterocycles. The Kier molecular flexibility index (Phi) is 6.02. The van der Waals surface area contributed by atoms with E-state index in [2.05, 4.69) is 10.3 Å². The highest BCUT2D eigenvalue weighted by Gasteiger charge is 2.11. The highest BCUT2D eigenvalue weighted by atomic mass is 35.5. The van der Waals surface area contributed by atoms with E-state index >= 15 is 0 Å². The predicted molar refractivity (Wildman–Crippen MR) is 94.5 cm³/mol. The summed E-state index contributed by atoms with van der Waals surface area (Å²) in [6.45, 7) is 1.94. The van der Waals surface area contributed by atoms with Crippen LogP contribution >= 0.6 is 23.2 Å². The molecule has 0 aliphatic carbocycles. The summed E-state index contributed by atoms with van der Waals surface area (Å²) in [4.78, 5) is 4.11. The lowest BCUT2D eigenvalue weighted by molar-refractivity contribution is 0.609. The first-order valence-electron chi connectivity index (χ1n) is 7.10. The van der Waals surface area contributed by atoms with E-state index in [4.69, 9.17) is 34.2 Å². The Hall–Kier alpha value is -2.29. The number of nitrogens with two attached hydrogens (primary N) is 1. The number of nitriles is 1. The monoisotopic (exact) mass is 364 g/mol. The van der Waals surface area contributed by atoms with E-state index in [1.54, 1.807) is 18.2 Å². The molecule has 0 spiro atoms. The fourth-order valence-corrected chi connectivity index (χ4v) is 2.69. The minimum atomic E-state index is -0.487. The maximum atomic E-state index is 13.8. The SMILES string of the molecule is CC(NC(N)=NCc1ccc(C#N)cc1F)c1ccc(Cl)cc1Cl. The molecule has 0 saturated heterocycles. The maximum Gasteiger partial charge on any atom is 0.189 e. The lowest BCUT2D eigenvalue weighted by atomic mass is 10.1. The van der Waals surface area contributed by atoms with Gasteiger partial charge in [-0.15, -0.1) is 0 Å². The first kappa shape index (κ1) is 18.1. The molecule has 0 aliphatic heterocycles. The summed E-state index contributed by atoms with van der Waals surface area (Å²) in [6.07, 6.45) is 0. The zero-order valence-electron chi connectivity index (χ0n) is 12.9. The number of benzene rings is 2. The molecule has 2 rings (SSSR count). The van der Waals surface area contributed by atoms with Gasteiger partial charge in [0.05, 0.1) is 24.2 Å². The van der Waals surface area contributed by atoms with E-state index in [0.29, 0.717) is 15.6 Å². The van der Waals surface area contributed by atoms with Crippen LogP contribution in [0.5, 0.6) is 0 Å². The summed E-state index contributed by atoms with van der Waals surface area (Å²) in [6, 6.07) is 11.1. The van der Waals surface area contributed by atoms with Crippen molar-refractivity contribution in [2.75, 3.05) is 0 Å². The minimum Gasteiger partial charge on any atom is -0.370 e. The third-order valence-corrected chi connectivity index (χ3v) is 3.96. The highest BCUT2D eigenvalue weighted by Crippen LogP contribution is 2.25. The van der Waals surface area contributed by atoms with Crippen LogP contribution in [-0.2, 0) is 6.54 Å². The van der Waals surface area contributed by atoms with Crippen molar-refractivity contribution in [3.05, 3.63) is 69.0 Å². The fourth-order valence-electron chi connectivity index (χ4n) is 2.11. The first-order chi connectivity index (χ1) is 11.4. The molecule has 0 saturated carbocycles. The van der Waals surface area contributed by atoms with E-state index in [9.17, 15) is 4.39 Å². The van der Waals surface area contributed by atoms with Gasteiger partial charge in [0, 0.05) is 15.6 Å². The Morgan fingerprint density at radius 3 is 2.71 bits per heavy atom. The minimum absolute atomic E-state index is 0.0669.